The molecular weight excluding hydrogens is 353 g/mol. The quantitative estimate of drug-likeness (QED) is 0.467. The van der Waals surface area contributed by atoms with E-state index in [0.717, 1.165) is 17.7 Å². The zero-order valence-electron chi connectivity index (χ0n) is 11.1. The minimum Gasteiger partial charge on any atom is -0.376 e. The third-order valence-corrected chi connectivity index (χ3v) is 4.49. The number of nitro groups is 1. The standard InChI is InChI=1S/C13H9Cl2NO5S/c1-8-2-4-10(5-3-8)22(19,20)21-13-11(14)6-9(16(17)18)7-12(13)15/h2-7H,1H3. The third-order valence-electron chi connectivity index (χ3n) is 2.70. The van der Waals surface area contributed by atoms with E-state index in [0.29, 0.717) is 0 Å². The van der Waals surface area contributed by atoms with Crippen molar-refractivity contribution >= 4 is 39.0 Å². The van der Waals surface area contributed by atoms with Crippen molar-refractivity contribution in [2.24, 2.45) is 0 Å². The highest BCUT2D eigenvalue weighted by atomic mass is 35.5. The van der Waals surface area contributed by atoms with E-state index in [-0.39, 0.29) is 26.4 Å². The average Bonchev–Trinajstić information content (AvgIpc) is 2.43. The van der Waals surface area contributed by atoms with Crippen LogP contribution in [0.15, 0.2) is 41.3 Å². The van der Waals surface area contributed by atoms with E-state index in [2.05, 4.69) is 0 Å². The van der Waals surface area contributed by atoms with Crippen LogP contribution in [-0.2, 0) is 10.1 Å². The molecule has 9 heteroatoms. The highest BCUT2D eigenvalue weighted by molar-refractivity contribution is 7.87. The monoisotopic (exact) mass is 361 g/mol. The minimum atomic E-state index is -4.15. The van der Waals surface area contributed by atoms with Gasteiger partial charge in [0.15, 0.2) is 5.75 Å². The van der Waals surface area contributed by atoms with Crippen molar-refractivity contribution < 1.29 is 17.5 Å². The molecule has 0 aliphatic rings. The smallest absolute Gasteiger partial charge is 0.339 e. The number of nitrogens with zero attached hydrogens (tertiary/aromatic N) is 1. The Kier molecular flexibility index (Phi) is 4.60. The van der Waals surface area contributed by atoms with Gasteiger partial charge in [-0.05, 0) is 19.1 Å². The molecule has 0 saturated carbocycles. The molecule has 0 unspecified atom stereocenters. The molecule has 2 rings (SSSR count). The lowest BCUT2D eigenvalue weighted by atomic mass is 10.2. The predicted octanol–water partition coefficient (Wildman–Crippen LogP) is 3.98. The molecule has 0 radical (unpaired) electrons. The van der Waals surface area contributed by atoms with Crippen LogP contribution in [0.5, 0.6) is 5.75 Å². The number of aryl methyl sites for hydroxylation is 1. The van der Waals surface area contributed by atoms with Crippen molar-refractivity contribution in [3.8, 4) is 5.75 Å². The van der Waals surface area contributed by atoms with E-state index in [1.807, 2.05) is 0 Å². The van der Waals surface area contributed by atoms with Gasteiger partial charge in [0.1, 0.15) is 4.90 Å². The molecule has 116 valence electrons. The topological polar surface area (TPSA) is 86.5 Å². The molecule has 2 aromatic rings. The van der Waals surface area contributed by atoms with Gasteiger partial charge in [-0.1, -0.05) is 40.9 Å². The first-order valence-electron chi connectivity index (χ1n) is 5.85. The van der Waals surface area contributed by atoms with Crippen molar-refractivity contribution in [3.63, 3.8) is 0 Å². The SMILES string of the molecule is Cc1ccc(S(=O)(=O)Oc2c(Cl)cc([N+](=O)[O-])cc2Cl)cc1. The highest BCUT2D eigenvalue weighted by Crippen LogP contribution is 2.38. The Labute approximate surface area is 136 Å². The summed E-state index contributed by atoms with van der Waals surface area (Å²) in [6.07, 6.45) is 0. The second-order valence-corrected chi connectivity index (χ2v) is 6.71. The maximum Gasteiger partial charge on any atom is 0.339 e. The summed E-state index contributed by atoms with van der Waals surface area (Å²) in [4.78, 5) is 9.91. The van der Waals surface area contributed by atoms with E-state index in [1.54, 1.807) is 19.1 Å². The summed E-state index contributed by atoms with van der Waals surface area (Å²) in [7, 11) is -4.15. The molecular formula is C13H9Cl2NO5S. The maximum absolute atomic E-state index is 12.2. The molecule has 0 aliphatic carbocycles. The van der Waals surface area contributed by atoms with E-state index in [4.69, 9.17) is 27.4 Å². The van der Waals surface area contributed by atoms with E-state index < -0.39 is 15.0 Å². The summed E-state index contributed by atoms with van der Waals surface area (Å²) in [5.41, 5.74) is 0.514. The summed E-state index contributed by atoms with van der Waals surface area (Å²) in [6.45, 7) is 1.81. The number of rotatable bonds is 4. The molecule has 0 heterocycles. The van der Waals surface area contributed by atoms with Gasteiger partial charge in [-0.25, -0.2) is 0 Å². The van der Waals surface area contributed by atoms with Crippen LogP contribution in [0.4, 0.5) is 5.69 Å². The lowest BCUT2D eigenvalue weighted by molar-refractivity contribution is -0.384. The maximum atomic E-state index is 12.2. The van der Waals surface area contributed by atoms with E-state index >= 15 is 0 Å². The van der Waals surface area contributed by atoms with Crippen LogP contribution in [0.25, 0.3) is 0 Å². The fourth-order valence-corrected chi connectivity index (χ4v) is 3.20. The fourth-order valence-electron chi connectivity index (χ4n) is 1.59. The molecule has 0 N–H and O–H groups in total. The van der Waals surface area contributed by atoms with Gasteiger partial charge in [0.2, 0.25) is 0 Å². The van der Waals surface area contributed by atoms with Crippen LogP contribution >= 0.6 is 23.2 Å². The first kappa shape index (κ1) is 16.5. The molecule has 0 aliphatic heterocycles. The summed E-state index contributed by atoms with van der Waals surface area (Å²) < 4.78 is 29.2. The van der Waals surface area contributed by atoms with Crippen LogP contribution in [0.2, 0.25) is 10.0 Å². The van der Waals surface area contributed by atoms with Crippen LogP contribution in [0.1, 0.15) is 5.56 Å². The first-order chi connectivity index (χ1) is 10.2. The van der Waals surface area contributed by atoms with Gasteiger partial charge < -0.3 is 4.18 Å². The number of halogens is 2. The van der Waals surface area contributed by atoms with Crippen LogP contribution in [0.3, 0.4) is 0 Å². The average molecular weight is 362 g/mol. The second kappa shape index (κ2) is 6.12. The summed E-state index contributed by atoms with van der Waals surface area (Å²) in [5, 5.41) is 10.1. The third kappa shape index (κ3) is 3.49. The lowest BCUT2D eigenvalue weighted by Gasteiger charge is -2.10. The summed E-state index contributed by atoms with van der Waals surface area (Å²) in [6, 6.07) is 7.89. The Balaban J connectivity index is 2.42. The van der Waals surface area contributed by atoms with Gasteiger partial charge in [-0.2, -0.15) is 8.42 Å². The van der Waals surface area contributed by atoms with E-state index in [1.165, 1.54) is 12.1 Å². The lowest BCUT2D eigenvalue weighted by Crippen LogP contribution is -2.10. The number of benzene rings is 2. The van der Waals surface area contributed by atoms with Crippen molar-refractivity contribution in [1.29, 1.82) is 0 Å². The van der Waals surface area contributed by atoms with Gasteiger partial charge in [0.05, 0.1) is 15.0 Å². The number of non-ortho nitro benzene ring substituents is 1. The Hall–Kier alpha value is -1.83. The molecule has 0 fully saturated rings. The summed E-state index contributed by atoms with van der Waals surface area (Å²) in [5.74, 6) is -0.352. The second-order valence-electron chi connectivity index (χ2n) is 4.35. The van der Waals surface area contributed by atoms with Gasteiger partial charge in [-0.15, -0.1) is 0 Å². The van der Waals surface area contributed by atoms with Crippen molar-refractivity contribution in [1.82, 2.24) is 0 Å². The normalized spacial score (nSPS) is 11.2. The van der Waals surface area contributed by atoms with E-state index in [9.17, 15) is 18.5 Å². The Morgan fingerprint density at radius 2 is 1.59 bits per heavy atom. The highest BCUT2D eigenvalue weighted by Gasteiger charge is 2.23. The van der Waals surface area contributed by atoms with Gasteiger partial charge in [0.25, 0.3) is 5.69 Å². The molecule has 0 saturated heterocycles. The van der Waals surface area contributed by atoms with Gasteiger partial charge in [0, 0.05) is 12.1 Å². The number of nitro benzene ring substituents is 1. The van der Waals surface area contributed by atoms with Crippen molar-refractivity contribution in [2.75, 3.05) is 0 Å². The van der Waals surface area contributed by atoms with Crippen LogP contribution in [-0.4, -0.2) is 13.3 Å². The molecule has 2 aromatic carbocycles. The van der Waals surface area contributed by atoms with Crippen molar-refractivity contribution in [3.05, 3.63) is 62.1 Å². The molecule has 6 nitrogen and oxygen atoms in total. The van der Waals surface area contributed by atoms with Crippen LogP contribution < -0.4 is 4.18 Å². The minimum absolute atomic E-state index is 0.0800. The molecule has 0 atom stereocenters. The molecule has 0 bridgehead atoms. The molecule has 0 aromatic heterocycles. The largest absolute Gasteiger partial charge is 0.376 e. The van der Waals surface area contributed by atoms with Gasteiger partial charge >= 0.3 is 10.1 Å². The molecule has 22 heavy (non-hydrogen) atoms. The van der Waals surface area contributed by atoms with Gasteiger partial charge in [-0.3, -0.25) is 10.1 Å². The van der Waals surface area contributed by atoms with Crippen molar-refractivity contribution in [2.45, 2.75) is 11.8 Å². The Morgan fingerprint density at radius 1 is 1.09 bits per heavy atom. The zero-order valence-corrected chi connectivity index (χ0v) is 13.4. The first-order valence-corrected chi connectivity index (χ1v) is 8.02. The Morgan fingerprint density at radius 3 is 2.05 bits per heavy atom. The molecule has 0 amide bonds. The summed E-state index contributed by atoms with van der Waals surface area (Å²) >= 11 is 11.6. The fraction of sp³-hybridized carbons (Fsp3) is 0.0769. The zero-order chi connectivity index (χ0) is 16.5. The molecule has 0 spiro atoms. The number of hydrogen-bond acceptors (Lipinski definition) is 5. The Bertz CT molecular complexity index is 811. The number of hydrogen-bond donors (Lipinski definition) is 0. The predicted molar refractivity (Wildman–Crippen MR) is 82.1 cm³/mol. The van der Waals surface area contributed by atoms with Crippen LogP contribution in [0, 0.1) is 17.0 Å².